The lowest BCUT2D eigenvalue weighted by Crippen LogP contribution is -2.50. The summed E-state index contributed by atoms with van der Waals surface area (Å²) < 4.78 is 5.75. The van der Waals surface area contributed by atoms with Gasteiger partial charge < -0.3 is 15.0 Å². The SMILES string of the molecule is c1cc2cc(OC3CNC3)ccc2[nH]1. The van der Waals surface area contributed by atoms with Gasteiger partial charge >= 0.3 is 0 Å². The zero-order valence-corrected chi connectivity index (χ0v) is 7.79. The minimum Gasteiger partial charge on any atom is -0.488 e. The van der Waals surface area contributed by atoms with Gasteiger partial charge in [-0.2, -0.15) is 0 Å². The Morgan fingerprint density at radius 1 is 1.21 bits per heavy atom. The van der Waals surface area contributed by atoms with Crippen molar-refractivity contribution < 1.29 is 4.74 Å². The van der Waals surface area contributed by atoms with Crippen molar-refractivity contribution in [1.29, 1.82) is 0 Å². The van der Waals surface area contributed by atoms with E-state index in [1.807, 2.05) is 12.3 Å². The van der Waals surface area contributed by atoms with Crippen LogP contribution >= 0.6 is 0 Å². The predicted molar refractivity (Wildman–Crippen MR) is 55.6 cm³/mol. The molecule has 0 spiro atoms. The van der Waals surface area contributed by atoms with E-state index in [-0.39, 0.29) is 0 Å². The first-order valence-electron chi connectivity index (χ1n) is 4.86. The van der Waals surface area contributed by atoms with E-state index >= 15 is 0 Å². The molecule has 1 fully saturated rings. The van der Waals surface area contributed by atoms with E-state index in [9.17, 15) is 0 Å². The molecule has 2 aromatic rings. The van der Waals surface area contributed by atoms with Crippen molar-refractivity contribution in [3.8, 4) is 5.75 Å². The van der Waals surface area contributed by atoms with Gasteiger partial charge in [-0.1, -0.05) is 0 Å². The Morgan fingerprint density at radius 3 is 2.93 bits per heavy atom. The van der Waals surface area contributed by atoms with Crippen LogP contribution in [0.1, 0.15) is 0 Å². The van der Waals surface area contributed by atoms with E-state index in [1.165, 1.54) is 5.39 Å². The number of nitrogens with one attached hydrogen (secondary N) is 2. The van der Waals surface area contributed by atoms with Gasteiger partial charge in [0.05, 0.1) is 0 Å². The van der Waals surface area contributed by atoms with Crippen molar-refractivity contribution in [2.45, 2.75) is 6.10 Å². The molecule has 0 unspecified atom stereocenters. The number of H-pyrrole nitrogens is 1. The number of hydrogen-bond donors (Lipinski definition) is 2. The molecular formula is C11H12N2O. The number of aromatic nitrogens is 1. The molecule has 0 amide bonds. The fraction of sp³-hybridized carbons (Fsp3) is 0.273. The zero-order chi connectivity index (χ0) is 9.38. The summed E-state index contributed by atoms with van der Waals surface area (Å²) in [6.45, 7) is 1.93. The second-order valence-corrected chi connectivity index (χ2v) is 3.62. The Kier molecular flexibility index (Phi) is 1.70. The van der Waals surface area contributed by atoms with Gasteiger partial charge in [-0.3, -0.25) is 0 Å². The highest BCUT2D eigenvalue weighted by atomic mass is 16.5. The van der Waals surface area contributed by atoms with Gasteiger partial charge in [0.25, 0.3) is 0 Å². The molecule has 1 aromatic heterocycles. The van der Waals surface area contributed by atoms with Crippen molar-refractivity contribution in [3.63, 3.8) is 0 Å². The Morgan fingerprint density at radius 2 is 2.14 bits per heavy atom. The van der Waals surface area contributed by atoms with Gasteiger partial charge in [0.15, 0.2) is 0 Å². The maximum Gasteiger partial charge on any atom is 0.123 e. The van der Waals surface area contributed by atoms with Crippen LogP contribution in [-0.4, -0.2) is 24.2 Å². The molecule has 3 nitrogen and oxygen atoms in total. The first-order chi connectivity index (χ1) is 6.92. The van der Waals surface area contributed by atoms with E-state index in [0.29, 0.717) is 6.10 Å². The number of hydrogen-bond acceptors (Lipinski definition) is 2. The summed E-state index contributed by atoms with van der Waals surface area (Å²) in [5, 5.41) is 4.39. The quantitative estimate of drug-likeness (QED) is 0.749. The first kappa shape index (κ1) is 7.88. The maximum atomic E-state index is 5.75. The molecule has 14 heavy (non-hydrogen) atoms. The molecule has 0 radical (unpaired) electrons. The highest BCUT2D eigenvalue weighted by Crippen LogP contribution is 2.21. The maximum absolute atomic E-state index is 5.75. The van der Waals surface area contributed by atoms with E-state index in [0.717, 1.165) is 24.4 Å². The van der Waals surface area contributed by atoms with Crippen LogP contribution in [0, 0.1) is 0 Å². The summed E-state index contributed by atoms with van der Waals surface area (Å²) in [5.41, 5.74) is 1.16. The van der Waals surface area contributed by atoms with Crippen LogP contribution in [0.3, 0.4) is 0 Å². The zero-order valence-electron chi connectivity index (χ0n) is 7.79. The molecule has 3 heteroatoms. The summed E-state index contributed by atoms with van der Waals surface area (Å²) in [5.74, 6) is 0.962. The minimum absolute atomic E-state index is 0.353. The average Bonchev–Trinajstić information content (AvgIpc) is 2.58. The lowest BCUT2D eigenvalue weighted by molar-refractivity contribution is 0.142. The summed E-state index contributed by atoms with van der Waals surface area (Å²) in [4.78, 5) is 3.16. The van der Waals surface area contributed by atoms with Crippen LogP contribution in [0.25, 0.3) is 10.9 Å². The Bertz CT molecular complexity index is 445. The Balaban J connectivity index is 1.88. The predicted octanol–water partition coefficient (Wildman–Crippen LogP) is 1.52. The van der Waals surface area contributed by atoms with E-state index in [2.05, 4.69) is 28.5 Å². The summed E-state index contributed by atoms with van der Waals surface area (Å²) in [6.07, 6.45) is 2.30. The third-order valence-electron chi connectivity index (χ3n) is 2.57. The smallest absolute Gasteiger partial charge is 0.123 e. The molecule has 1 aromatic carbocycles. The number of aromatic amines is 1. The fourth-order valence-electron chi connectivity index (χ4n) is 1.64. The molecule has 0 atom stereocenters. The summed E-state index contributed by atoms with van der Waals surface area (Å²) in [6, 6.07) is 8.19. The van der Waals surface area contributed by atoms with Crippen molar-refractivity contribution in [2.24, 2.45) is 0 Å². The monoisotopic (exact) mass is 188 g/mol. The number of fused-ring (bicyclic) bond motifs is 1. The lowest BCUT2D eigenvalue weighted by atomic mass is 10.2. The molecule has 72 valence electrons. The molecule has 1 saturated heterocycles. The van der Waals surface area contributed by atoms with Crippen LogP contribution in [0.4, 0.5) is 0 Å². The van der Waals surface area contributed by atoms with Gasteiger partial charge in [0, 0.05) is 30.2 Å². The van der Waals surface area contributed by atoms with Gasteiger partial charge in [0.1, 0.15) is 11.9 Å². The first-order valence-corrected chi connectivity index (χ1v) is 4.86. The van der Waals surface area contributed by atoms with Gasteiger partial charge in [-0.25, -0.2) is 0 Å². The van der Waals surface area contributed by atoms with E-state index < -0.39 is 0 Å². The highest BCUT2D eigenvalue weighted by Gasteiger charge is 2.18. The normalized spacial score (nSPS) is 16.9. The molecule has 0 bridgehead atoms. The van der Waals surface area contributed by atoms with Crippen LogP contribution < -0.4 is 10.1 Å². The largest absolute Gasteiger partial charge is 0.488 e. The van der Waals surface area contributed by atoms with Crippen molar-refractivity contribution in [3.05, 3.63) is 30.5 Å². The summed E-state index contributed by atoms with van der Waals surface area (Å²) >= 11 is 0. The second kappa shape index (κ2) is 3.03. The number of ether oxygens (including phenoxy) is 1. The molecule has 2 N–H and O–H groups in total. The topological polar surface area (TPSA) is 37.0 Å². The molecule has 0 aliphatic carbocycles. The molecule has 1 aliphatic heterocycles. The molecular weight excluding hydrogens is 176 g/mol. The lowest BCUT2D eigenvalue weighted by Gasteiger charge is -2.27. The minimum atomic E-state index is 0.353. The standard InChI is InChI=1S/C11H12N2O/c1-2-11-8(3-4-13-11)5-9(1)14-10-6-12-7-10/h1-5,10,12-13H,6-7H2. The molecule has 3 rings (SSSR count). The van der Waals surface area contributed by atoms with Crippen LogP contribution in [0.15, 0.2) is 30.5 Å². The fourth-order valence-corrected chi connectivity index (χ4v) is 1.64. The van der Waals surface area contributed by atoms with E-state index in [4.69, 9.17) is 4.74 Å². The Hall–Kier alpha value is -1.48. The van der Waals surface area contributed by atoms with Crippen LogP contribution in [0.2, 0.25) is 0 Å². The molecule has 0 saturated carbocycles. The van der Waals surface area contributed by atoms with E-state index in [1.54, 1.807) is 0 Å². The third kappa shape index (κ3) is 1.26. The Labute approximate surface area is 82.1 Å². The van der Waals surface area contributed by atoms with Crippen molar-refractivity contribution >= 4 is 10.9 Å². The summed E-state index contributed by atoms with van der Waals surface area (Å²) in [7, 11) is 0. The molecule has 1 aliphatic rings. The van der Waals surface area contributed by atoms with Gasteiger partial charge in [-0.05, 0) is 24.3 Å². The van der Waals surface area contributed by atoms with Gasteiger partial charge in [-0.15, -0.1) is 0 Å². The van der Waals surface area contributed by atoms with Crippen molar-refractivity contribution in [2.75, 3.05) is 13.1 Å². The third-order valence-corrected chi connectivity index (χ3v) is 2.57. The number of rotatable bonds is 2. The van der Waals surface area contributed by atoms with Gasteiger partial charge in [0.2, 0.25) is 0 Å². The average molecular weight is 188 g/mol. The van der Waals surface area contributed by atoms with Crippen molar-refractivity contribution in [1.82, 2.24) is 10.3 Å². The van der Waals surface area contributed by atoms with Crippen LogP contribution in [0.5, 0.6) is 5.75 Å². The highest BCUT2D eigenvalue weighted by molar-refractivity contribution is 5.80. The second-order valence-electron chi connectivity index (χ2n) is 3.62. The number of benzene rings is 1. The van der Waals surface area contributed by atoms with Crippen LogP contribution in [-0.2, 0) is 0 Å². The molecule has 2 heterocycles.